The van der Waals surface area contributed by atoms with Crippen LogP contribution in [0.3, 0.4) is 0 Å². The molecule has 0 spiro atoms. The summed E-state index contributed by atoms with van der Waals surface area (Å²) in [7, 11) is 0. The van der Waals surface area contributed by atoms with Gasteiger partial charge in [0.25, 0.3) is 0 Å². The number of ether oxygens (including phenoxy) is 1. The minimum atomic E-state index is -0.362. The molecule has 3 heteroatoms. The van der Waals surface area contributed by atoms with Crippen molar-refractivity contribution in [2.45, 2.75) is 44.6 Å². The van der Waals surface area contributed by atoms with E-state index in [-0.39, 0.29) is 18.5 Å². The minimum Gasteiger partial charge on any atom is -0.490 e. The summed E-state index contributed by atoms with van der Waals surface area (Å²) in [6.45, 7) is -0.00249. The lowest BCUT2D eigenvalue weighted by Crippen LogP contribution is -2.19. The first kappa shape index (κ1) is 13.9. The van der Waals surface area contributed by atoms with E-state index in [2.05, 4.69) is 11.8 Å². The number of aliphatic hydroxyl groups excluding tert-OH is 1. The summed E-state index contributed by atoms with van der Waals surface area (Å²) in [5.74, 6) is 5.63. The largest absolute Gasteiger partial charge is 0.490 e. The summed E-state index contributed by atoms with van der Waals surface area (Å²) in [6.07, 6.45) is 6.35. The Morgan fingerprint density at radius 1 is 1.26 bits per heavy atom. The topological polar surface area (TPSA) is 29.5 Å². The fourth-order valence-electron chi connectivity index (χ4n) is 2.26. The van der Waals surface area contributed by atoms with Gasteiger partial charge >= 0.3 is 0 Å². The second kappa shape index (κ2) is 7.16. The van der Waals surface area contributed by atoms with Crippen LogP contribution < -0.4 is 4.74 Å². The Labute approximate surface area is 113 Å². The lowest BCUT2D eigenvalue weighted by atomic mass is 9.98. The molecule has 0 saturated heterocycles. The number of rotatable bonds is 3. The number of aliphatic hydroxyl groups is 1. The van der Waals surface area contributed by atoms with Gasteiger partial charge in [-0.05, 0) is 37.8 Å². The zero-order chi connectivity index (χ0) is 13.5. The molecule has 19 heavy (non-hydrogen) atoms. The second-order valence-corrected chi connectivity index (χ2v) is 4.79. The van der Waals surface area contributed by atoms with Crippen molar-refractivity contribution in [3.05, 3.63) is 29.6 Å². The van der Waals surface area contributed by atoms with Gasteiger partial charge < -0.3 is 9.84 Å². The third kappa shape index (κ3) is 4.25. The average molecular weight is 262 g/mol. The van der Waals surface area contributed by atoms with Crippen LogP contribution in [0.4, 0.5) is 4.39 Å². The van der Waals surface area contributed by atoms with Crippen molar-refractivity contribution in [2.75, 3.05) is 6.61 Å². The molecule has 0 heterocycles. The van der Waals surface area contributed by atoms with E-state index in [0.717, 1.165) is 12.8 Å². The third-order valence-electron chi connectivity index (χ3n) is 3.26. The molecule has 102 valence electrons. The Kier molecular flexibility index (Phi) is 5.23. The first-order valence-corrected chi connectivity index (χ1v) is 6.85. The SMILES string of the molecule is OCCC#Cc1ccc(OC2CCCCC2)cc1F. The van der Waals surface area contributed by atoms with E-state index >= 15 is 0 Å². The first-order chi connectivity index (χ1) is 9.29. The summed E-state index contributed by atoms with van der Waals surface area (Å²) >= 11 is 0. The van der Waals surface area contributed by atoms with Crippen molar-refractivity contribution in [2.24, 2.45) is 0 Å². The highest BCUT2D eigenvalue weighted by atomic mass is 19.1. The van der Waals surface area contributed by atoms with E-state index in [1.165, 1.54) is 25.3 Å². The van der Waals surface area contributed by atoms with Gasteiger partial charge in [-0.15, -0.1) is 0 Å². The van der Waals surface area contributed by atoms with Crippen molar-refractivity contribution in [1.29, 1.82) is 0 Å². The summed E-state index contributed by atoms with van der Waals surface area (Å²) in [5, 5.41) is 8.62. The van der Waals surface area contributed by atoms with Crippen molar-refractivity contribution < 1.29 is 14.2 Å². The zero-order valence-corrected chi connectivity index (χ0v) is 11.0. The van der Waals surface area contributed by atoms with E-state index < -0.39 is 0 Å². The van der Waals surface area contributed by atoms with Crippen LogP contribution in [0.5, 0.6) is 5.75 Å². The summed E-state index contributed by atoms with van der Waals surface area (Å²) < 4.78 is 19.6. The zero-order valence-electron chi connectivity index (χ0n) is 11.0. The Morgan fingerprint density at radius 2 is 2.05 bits per heavy atom. The predicted molar refractivity (Wildman–Crippen MR) is 72.5 cm³/mol. The van der Waals surface area contributed by atoms with Crippen LogP contribution in [-0.2, 0) is 0 Å². The van der Waals surface area contributed by atoms with Crippen LogP contribution in [0.2, 0.25) is 0 Å². The van der Waals surface area contributed by atoms with Crippen LogP contribution in [-0.4, -0.2) is 17.8 Å². The monoisotopic (exact) mass is 262 g/mol. The van der Waals surface area contributed by atoms with Gasteiger partial charge in [0, 0.05) is 12.5 Å². The molecule has 1 saturated carbocycles. The van der Waals surface area contributed by atoms with Crippen molar-refractivity contribution in [3.63, 3.8) is 0 Å². The van der Waals surface area contributed by atoms with Gasteiger partial charge in [0.1, 0.15) is 11.6 Å². The number of halogens is 1. The molecule has 2 rings (SSSR count). The Morgan fingerprint density at radius 3 is 2.74 bits per heavy atom. The molecule has 1 aliphatic rings. The summed E-state index contributed by atoms with van der Waals surface area (Å²) in [5.41, 5.74) is 0.351. The van der Waals surface area contributed by atoms with Crippen LogP contribution in [0.15, 0.2) is 18.2 Å². The third-order valence-corrected chi connectivity index (χ3v) is 3.26. The highest BCUT2D eigenvalue weighted by molar-refractivity contribution is 5.39. The predicted octanol–water partition coefficient (Wildman–Crippen LogP) is 3.27. The number of hydrogen-bond donors (Lipinski definition) is 1. The van der Waals surface area contributed by atoms with Crippen molar-refractivity contribution in [1.82, 2.24) is 0 Å². The molecule has 0 aliphatic heterocycles. The molecular formula is C16H19FO2. The number of hydrogen-bond acceptors (Lipinski definition) is 2. The molecule has 2 nitrogen and oxygen atoms in total. The van der Waals surface area contributed by atoms with Gasteiger partial charge in [-0.25, -0.2) is 4.39 Å². The smallest absolute Gasteiger partial charge is 0.142 e. The molecule has 0 radical (unpaired) electrons. The normalized spacial score (nSPS) is 15.7. The Balaban J connectivity index is 2.00. The molecule has 1 N–H and O–H groups in total. The van der Waals surface area contributed by atoms with Crippen LogP contribution in [0.25, 0.3) is 0 Å². The van der Waals surface area contributed by atoms with E-state index in [9.17, 15) is 4.39 Å². The van der Waals surface area contributed by atoms with Gasteiger partial charge in [-0.1, -0.05) is 18.3 Å². The quantitative estimate of drug-likeness (QED) is 0.847. The van der Waals surface area contributed by atoms with Gasteiger partial charge in [0.05, 0.1) is 18.3 Å². The molecule has 0 atom stereocenters. The lowest BCUT2D eigenvalue weighted by molar-refractivity contribution is 0.154. The van der Waals surface area contributed by atoms with Crippen molar-refractivity contribution >= 4 is 0 Å². The second-order valence-electron chi connectivity index (χ2n) is 4.79. The average Bonchev–Trinajstić information content (AvgIpc) is 2.43. The van der Waals surface area contributed by atoms with Crippen LogP contribution in [0, 0.1) is 17.7 Å². The van der Waals surface area contributed by atoms with Gasteiger partial charge in [0.2, 0.25) is 0 Å². The summed E-state index contributed by atoms with van der Waals surface area (Å²) in [6, 6.07) is 4.80. The van der Waals surface area contributed by atoms with E-state index in [4.69, 9.17) is 9.84 Å². The fourth-order valence-corrected chi connectivity index (χ4v) is 2.26. The molecule has 1 aromatic carbocycles. The molecule has 0 amide bonds. The van der Waals surface area contributed by atoms with E-state index in [1.54, 1.807) is 12.1 Å². The van der Waals surface area contributed by atoms with Gasteiger partial charge in [-0.3, -0.25) is 0 Å². The molecular weight excluding hydrogens is 243 g/mol. The highest BCUT2D eigenvalue weighted by Gasteiger charge is 2.15. The highest BCUT2D eigenvalue weighted by Crippen LogP contribution is 2.24. The van der Waals surface area contributed by atoms with E-state index in [0.29, 0.717) is 17.7 Å². The summed E-state index contributed by atoms with van der Waals surface area (Å²) in [4.78, 5) is 0. The molecule has 0 unspecified atom stereocenters. The van der Waals surface area contributed by atoms with Crippen LogP contribution >= 0.6 is 0 Å². The van der Waals surface area contributed by atoms with Gasteiger partial charge in [-0.2, -0.15) is 0 Å². The maximum Gasteiger partial charge on any atom is 0.142 e. The minimum absolute atomic E-state index is 0.00249. The Bertz CT molecular complexity index is 467. The van der Waals surface area contributed by atoms with Crippen LogP contribution in [0.1, 0.15) is 44.1 Å². The first-order valence-electron chi connectivity index (χ1n) is 6.85. The molecule has 1 fully saturated rings. The van der Waals surface area contributed by atoms with Crippen molar-refractivity contribution in [3.8, 4) is 17.6 Å². The number of benzene rings is 1. The maximum atomic E-state index is 13.8. The standard InChI is InChI=1S/C16H19FO2/c17-16-12-15(19-14-7-2-1-3-8-14)10-9-13(16)6-4-5-11-18/h9-10,12,14,18H,1-3,5,7-8,11H2. The molecule has 1 aromatic rings. The molecule has 0 aromatic heterocycles. The molecule has 1 aliphatic carbocycles. The molecule has 0 bridgehead atoms. The maximum absolute atomic E-state index is 13.8. The Hall–Kier alpha value is -1.53. The van der Waals surface area contributed by atoms with E-state index in [1.807, 2.05) is 0 Å². The van der Waals surface area contributed by atoms with Gasteiger partial charge in [0.15, 0.2) is 0 Å². The lowest BCUT2D eigenvalue weighted by Gasteiger charge is -2.23. The fraction of sp³-hybridized carbons (Fsp3) is 0.500.